The lowest BCUT2D eigenvalue weighted by Crippen LogP contribution is -2.51. The number of ether oxygens (including phenoxy) is 1. The highest BCUT2D eigenvalue weighted by atomic mass is 16.6. The van der Waals surface area contributed by atoms with E-state index in [9.17, 15) is 4.79 Å². The molecule has 2 heterocycles. The molecule has 1 amide bonds. The number of piperidine rings is 1. The number of fused-ring (bicyclic) bond motifs is 5. The number of amides is 1. The van der Waals surface area contributed by atoms with Gasteiger partial charge in [-0.15, -0.1) is 6.42 Å². The van der Waals surface area contributed by atoms with Crippen molar-refractivity contribution in [2.75, 3.05) is 6.61 Å². The summed E-state index contributed by atoms with van der Waals surface area (Å²) in [6.07, 6.45) is 11.6. The number of carbonyl (C=O) groups is 1. The molecule has 2 aliphatic heterocycles. The number of benzene rings is 3. The second-order valence-corrected chi connectivity index (χ2v) is 9.48. The molecule has 3 heteroatoms. The molecule has 3 aromatic carbocycles. The maximum Gasteiger partial charge on any atom is 0.410 e. The fourth-order valence-electron chi connectivity index (χ4n) is 5.98. The first kappa shape index (κ1) is 20.8. The first-order valence-electron chi connectivity index (χ1n) is 12.1. The van der Waals surface area contributed by atoms with Crippen LogP contribution in [0.3, 0.4) is 0 Å². The van der Waals surface area contributed by atoms with Gasteiger partial charge in [-0.05, 0) is 71.2 Å². The Bertz CT molecular complexity index is 1270. The minimum Gasteiger partial charge on any atom is -0.448 e. The summed E-state index contributed by atoms with van der Waals surface area (Å²) in [4.78, 5) is 15.4. The Kier molecular flexibility index (Phi) is 5.23. The van der Waals surface area contributed by atoms with Crippen LogP contribution in [-0.2, 0) is 4.74 Å². The maximum atomic E-state index is 13.4. The fourth-order valence-corrected chi connectivity index (χ4v) is 5.98. The van der Waals surface area contributed by atoms with Crippen molar-refractivity contribution in [3.05, 3.63) is 101 Å². The third kappa shape index (κ3) is 3.51. The molecule has 0 radical (unpaired) electrons. The van der Waals surface area contributed by atoms with E-state index >= 15 is 0 Å². The summed E-state index contributed by atoms with van der Waals surface area (Å²) < 4.78 is 6.02. The van der Waals surface area contributed by atoms with Crippen LogP contribution < -0.4 is 0 Å². The third-order valence-electron chi connectivity index (χ3n) is 7.61. The molecule has 1 aliphatic carbocycles. The van der Waals surface area contributed by atoms with E-state index in [-0.39, 0.29) is 24.1 Å². The molecule has 0 spiro atoms. The quantitative estimate of drug-likeness (QED) is 0.424. The normalized spacial score (nSPS) is 20.7. The maximum absolute atomic E-state index is 13.4. The van der Waals surface area contributed by atoms with Crippen molar-refractivity contribution in [2.24, 2.45) is 0 Å². The largest absolute Gasteiger partial charge is 0.448 e. The molecule has 0 N–H and O–H groups in total. The SMILES string of the molecule is C#Cc1ccc(C2=CC3CCCC(C2)N3C(=O)OCC2c3ccccc3-c3ccccc32)cc1. The molecule has 1 saturated heterocycles. The van der Waals surface area contributed by atoms with Crippen LogP contribution in [0.5, 0.6) is 0 Å². The van der Waals surface area contributed by atoms with E-state index in [1.54, 1.807) is 0 Å². The number of hydrogen-bond donors (Lipinski definition) is 0. The van der Waals surface area contributed by atoms with Crippen molar-refractivity contribution in [3.8, 4) is 23.5 Å². The van der Waals surface area contributed by atoms with Crippen molar-refractivity contribution < 1.29 is 9.53 Å². The van der Waals surface area contributed by atoms with Crippen molar-refractivity contribution in [1.82, 2.24) is 4.90 Å². The van der Waals surface area contributed by atoms with Gasteiger partial charge in [0.1, 0.15) is 6.61 Å². The molecule has 2 unspecified atom stereocenters. The topological polar surface area (TPSA) is 29.5 Å². The van der Waals surface area contributed by atoms with Crippen molar-refractivity contribution in [3.63, 3.8) is 0 Å². The predicted octanol–water partition coefficient (Wildman–Crippen LogP) is 6.63. The highest BCUT2D eigenvalue weighted by molar-refractivity contribution is 5.79. The highest BCUT2D eigenvalue weighted by Crippen LogP contribution is 2.45. The Labute approximate surface area is 201 Å². The van der Waals surface area contributed by atoms with Gasteiger partial charge in [0.05, 0.1) is 6.04 Å². The van der Waals surface area contributed by atoms with Crippen LogP contribution in [0.15, 0.2) is 78.9 Å². The smallest absolute Gasteiger partial charge is 0.410 e. The Balaban J connectivity index is 1.21. The van der Waals surface area contributed by atoms with Gasteiger partial charge in [0.25, 0.3) is 0 Å². The van der Waals surface area contributed by atoms with Gasteiger partial charge in [0.2, 0.25) is 0 Å². The molecule has 0 aromatic heterocycles. The zero-order valence-corrected chi connectivity index (χ0v) is 19.1. The summed E-state index contributed by atoms with van der Waals surface area (Å²) in [5, 5.41) is 0. The molecular weight excluding hydrogens is 418 g/mol. The summed E-state index contributed by atoms with van der Waals surface area (Å²) in [6, 6.07) is 25.4. The van der Waals surface area contributed by atoms with Crippen molar-refractivity contribution in [1.29, 1.82) is 0 Å². The van der Waals surface area contributed by atoms with Crippen LogP contribution in [0.4, 0.5) is 4.79 Å². The number of hydrogen-bond acceptors (Lipinski definition) is 2. The zero-order chi connectivity index (χ0) is 23.1. The summed E-state index contributed by atoms with van der Waals surface area (Å²) >= 11 is 0. The van der Waals surface area contributed by atoms with Gasteiger partial charge in [-0.1, -0.05) is 72.7 Å². The van der Waals surface area contributed by atoms with Gasteiger partial charge in [-0.2, -0.15) is 0 Å². The van der Waals surface area contributed by atoms with Crippen LogP contribution >= 0.6 is 0 Å². The first-order chi connectivity index (χ1) is 16.7. The Morgan fingerprint density at radius 3 is 2.26 bits per heavy atom. The molecule has 6 rings (SSSR count). The average molecular weight is 446 g/mol. The lowest BCUT2D eigenvalue weighted by Gasteiger charge is -2.44. The Morgan fingerprint density at radius 1 is 0.941 bits per heavy atom. The summed E-state index contributed by atoms with van der Waals surface area (Å²) in [5.41, 5.74) is 8.38. The molecular formula is C31H27NO2. The third-order valence-corrected chi connectivity index (χ3v) is 7.61. The minimum absolute atomic E-state index is 0.0850. The minimum atomic E-state index is -0.186. The molecule has 168 valence electrons. The van der Waals surface area contributed by atoms with Crippen LogP contribution in [0.1, 0.15) is 53.9 Å². The van der Waals surface area contributed by atoms with Crippen molar-refractivity contribution >= 4 is 11.7 Å². The Morgan fingerprint density at radius 2 is 1.62 bits per heavy atom. The number of carbonyl (C=O) groups excluding carboxylic acids is 1. The van der Waals surface area contributed by atoms with E-state index in [2.05, 4.69) is 72.7 Å². The second kappa shape index (κ2) is 8.54. The monoisotopic (exact) mass is 445 g/mol. The van der Waals surface area contributed by atoms with E-state index in [0.717, 1.165) is 31.2 Å². The molecule has 2 atom stereocenters. The average Bonchev–Trinajstić information content (AvgIpc) is 3.20. The van der Waals surface area contributed by atoms with E-state index < -0.39 is 0 Å². The van der Waals surface area contributed by atoms with E-state index in [4.69, 9.17) is 11.2 Å². The van der Waals surface area contributed by atoms with Gasteiger partial charge in [0, 0.05) is 17.5 Å². The van der Waals surface area contributed by atoms with Crippen molar-refractivity contribution in [2.45, 2.75) is 43.7 Å². The molecule has 3 nitrogen and oxygen atoms in total. The number of terminal acetylenes is 1. The van der Waals surface area contributed by atoms with Gasteiger partial charge in [0.15, 0.2) is 0 Å². The molecule has 2 bridgehead atoms. The highest BCUT2D eigenvalue weighted by Gasteiger charge is 2.39. The molecule has 3 aliphatic rings. The predicted molar refractivity (Wildman–Crippen MR) is 135 cm³/mol. The van der Waals surface area contributed by atoms with Crippen LogP contribution in [0.2, 0.25) is 0 Å². The summed E-state index contributed by atoms with van der Waals surface area (Å²) in [7, 11) is 0. The summed E-state index contributed by atoms with van der Waals surface area (Å²) in [5.74, 6) is 2.76. The lowest BCUT2D eigenvalue weighted by atomic mass is 9.83. The number of nitrogens with zero attached hydrogens (tertiary/aromatic N) is 1. The van der Waals surface area contributed by atoms with Gasteiger partial charge in [-0.3, -0.25) is 4.90 Å². The molecule has 34 heavy (non-hydrogen) atoms. The fraction of sp³-hybridized carbons (Fsp3) is 0.258. The van der Waals surface area contributed by atoms with E-state index in [0.29, 0.717) is 6.61 Å². The second-order valence-electron chi connectivity index (χ2n) is 9.48. The van der Waals surface area contributed by atoms with Crippen LogP contribution in [0.25, 0.3) is 16.7 Å². The number of rotatable bonds is 3. The molecule has 3 aromatic rings. The molecule has 1 fully saturated rings. The van der Waals surface area contributed by atoms with Gasteiger partial charge < -0.3 is 4.74 Å². The summed E-state index contributed by atoms with van der Waals surface area (Å²) in [6.45, 7) is 0.368. The van der Waals surface area contributed by atoms with Crippen LogP contribution in [-0.4, -0.2) is 29.7 Å². The first-order valence-corrected chi connectivity index (χ1v) is 12.1. The standard InChI is InChI=1S/C31H27NO2/c1-2-21-14-16-22(17-15-21)23-18-24-8-7-9-25(19-23)32(24)31(33)34-20-30-28-12-5-3-10-26(28)27-11-4-6-13-29(27)30/h1,3-6,10-18,24-25,30H,7-9,19-20H2. The lowest BCUT2D eigenvalue weighted by molar-refractivity contribution is 0.0539. The van der Waals surface area contributed by atoms with Gasteiger partial charge in [-0.25, -0.2) is 4.79 Å². The zero-order valence-electron chi connectivity index (χ0n) is 19.1. The van der Waals surface area contributed by atoms with E-state index in [1.165, 1.54) is 33.4 Å². The van der Waals surface area contributed by atoms with Crippen LogP contribution in [0, 0.1) is 12.3 Å². The van der Waals surface area contributed by atoms with Gasteiger partial charge >= 0.3 is 6.09 Å². The van der Waals surface area contributed by atoms with E-state index in [1.807, 2.05) is 17.0 Å². The molecule has 0 saturated carbocycles. The Hall–Kier alpha value is -3.77.